The summed E-state index contributed by atoms with van der Waals surface area (Å²) < 4.78 is 10.8. The number of nitrogens with two attached hydrogens (primary N) is 1. The summed E-state index contributed by atoms with van der Waals surface area (Å²) in [5.74, 6) is 1.78. The summed E-state index contributed by atoms with van der Waals surface area (Å²) in [5.41, 5.74) is 7.89. The van der Waals surface area contributed by atoms with E-state index in [0.29, 0.717) is 23.7 Å². The first-order valence-electron chi connectivity index (χ1n) is 8.95. The number of fused-ring (bicyclic) bond motifs is 3. The van der Waals surface area contributed by atoms with E-state index in [2.05, 4.69) is 21.4 Å². The van der Waals surface area contributed by atoms with E-state index in [9.17, 15) is 4.79 Å². The Morgan fingerprint density at radius 2 is 2.00 bits per heavy atom. The van der Waals surface area contributed by atoms with Crippen LogP contribution in [0.2, 0.25) is 0 Å². The third-order valence-corrected chi connectivity index (χ3v) is 6.44. The molecule has 26 heavy (non-hydrogen) atoms. The van der Waals surface area contributed by atoms with Crippen LogP contribution >= 0.6 is 0 Å². The van der Waals surface area contributed by atoms with Crippen molar-refractivity contribution in [1.29, 1.82) is 0 Å². The predicted molar refractivity (Wildman–Crippen MR) is 93.8 cm³/mol. The zero-order valence-corrected chi connectivity index (χ0v) is 14.3. The van der Waals surface area contributed by atoms with Crippen molar-refractivity contribution < 1.29 is 14.1 Å². The molecule has 0 bridgehead atoms. The van der Waals surface area contributed by atoms with Gasteiger partial charge in [0.15, 0.2) is 5.82 Å². The first kappa shape index (κ1) is 14.4. The topological polar surface area (TPSA) is 96.9 Å². The van der Waals surface area contributed by atoms with Crippen LogP contribution in [0.25, 0.3) is 0 Å². The average molecular weight is 353 g/mol. The van der Waals surface area contributed by atoms with Gasteiger partial charge in [-0.3, -0.25) is 4.90 Å². The number of para-hydroxylation sites is 2. The van der Waals surface area contributed by atoms with Crippen LogP contribution in [0.15, 0.2) is 35.1 Å². The molecule has 1 amide bonds. The maximum atomic E-state index is 12.8. The largest absolute Gasteiger partial charge is 0.417 e. The summed E-state index contributed by atoms with van der Waals surface area (Å²) in [6.45, 7) is 3.86. The lowest BCUT2D eigenvalue weighted by molar-refractivity contribution is 0.0490. The van der Waals surface area contributed by atoms with Crippen molar-refractivity contribution in [1.82, 2.24) is 5.16 Å². The van der Waals surface area contributed by atoms with Crippen molar-refractivity contribution in [3.8, 4) is 0 Å². The molecule has 1 aromatic carbocycles. The van der Waals surface area contributed by atoms with E-state index in [1.807, 2.05) is 25.1 Å². The second-order valence-electron chi connectivity index (χ2n) is 7.65. The number of carbonyl (C=O) groups is 1. The Labute approximate surface area is 149 Å². The number of nitrogens with one attached hydrogen (secondary N) is 1. The van der Waals surface area contributed by atoms with Crippen LogP contribution in [-0.2, 0) is 10.5 Å². The smallest absolute Gasteiger partial charge is 0.416 e. The fourth-order valence-corrected chi connectivity index (χ4v) is 4.80. The van der Waals surface area contributed by atoms with Crippen molar-refractivity contribution in [3.63, 3.8) is 0 Å². The van der Waals surface area contributed by atoms with Crippen LogP contribution in [-0.4, -0.2) is 36.4 Å². The first-order valence-corrected chi connectivity index (χ1v) is 8.95. The highest BCUT2D eigenvalue weighted by atomic mass is 16.6. The summed E-state index contributed by atoms with van der Waals surface area (Å²) in [6, 6.07) is 8.10. The van der Waals surface area contributed by atoms with Crippen LogP contribution in [0.3, 0.4) is 0 Å². The van der Waals surface area contributed by atoms with E-state index in [1.165, 1.54) is 0 Å². The second-order valence-corrected chi connectivity index (χ2v) is 7.65. The molecular formula is C18H19N5O3. The molecule has 8 nitrogen and oxygen atoms in total. The Morgan fingerprint density at radius 3 is 2.73 bits per heavy atom. The predicted octanol–water partition coefficient (Wildman–Crippen LogP) is 1.69. The number of hydrogen-bond acceptors (Lipinski definition) is 7. The maximum absolute atomic E-state index is 12.8. The maximum Gasteiger partial charge on any atom is 0.417 e. The van der Waals surface area contributed by atoms with Crippen LogP contribution in [0.4, 0.5) is 22.0 Å². The number of hydrogen-bond donors (Lipinski definition) is 2. The van der Waals surface area contributed by atoms with Gasteiger partial charge in [0.25, 0.3) is 0 Å². The Bertz CT molecular complexity index is 917. The van der Waals surface area contributed by atoms with Gasteiger partial charge in [0, 0.05) is 19.1 Å². The highest BCUT2D eigenvalue weighted by Gasteiger charge is 2.62. The molecule has 1 aromatic heterocycles. The standard InChI is InChI=1S/C18H19N5O3/c1-9-18(12-8-25-21-16(12)20-18)26-17(24)23(9)14-5-3-2-4-13(14)22-6-10-11(7-22)15(10)19/h2-5,8-11,15H,6-7,19H2,1H3,(H,20,21)/t9-,10+,11?,15-,18-/m1/s1. The lowest BCUT2D eigenvalue weighted by Gasteiger charge is -2.39. The molecule has 3 aliphatic heterocycles. The fourth-order valence-electron chi connectivity index (χ4n) is 4.80. The molecule has 3 fully saturated rings. The monoisotopic (exact) mass is 353 g/mol. The number of piperidine rings is 1. The fraction of sp³-hybridized carbons (Fsp3) is 0.444. The molecule has 134 valence electrons. The normalized spacial score (nSPS) is 36.5. The summed E-state index contributed by atoms with van der Waals surface area (Å²) in [4.78, 5) is 16.8. The van der Waals surface area contributed by atoms with Gasteiger partial charge in [0.1, 0.15) is 17.9 Å². The van der Waals surface area contributed by atoms with E-state index in [4.69, 9.17) is 15.0 Å². The van der Waals surface area contributed by atoms with Gasteiger partial charge in [-0.05, 0) is 30.9 Å². The van der Waals surface area contributed by atoms with Crippen molar-refractivity contribution in [2.45, 2.75) is 24.7 Å². The molecule has 5 atom stereocenters. The van der Waals surface area contributed by atoms with Gasteiger partial charge in [0.2, 0.25) is 5.72 Å². The van der Waals surface area contributed by atoms with Gasteiger partial charge >= 0.3 is 6.09 Å². The Balaban J connectivity index is 1.37. The number of benzene rings is 1. The van der Waals surface area contributed by atoms with Crippen molar-refractivity contribution in [3.05, 3.63) is 36.1 Å². The molecule has 4 heterocycles. The Kier molecular flexibility index (Phi) is 2.50. The van der Waals surface area contributed by atoms with Gasteiger partial charge < -0.3 is 25.2 Å². The van der Waals surface area contributed by atoms with Crippen molar-refractivity contribution in [2.24, 2.45) is 17.6 Å². The third-order valence-electron chi connectivity index (χ3n) is 6.44. The molecule has 1 aliphatic carbocycles. The number of amides is 1. The van der Waals surface area contributed by atoms with Crippen molar-refractivity contribution >= 4 is 23.3 Å². The average Bonchev–Trinajstić information content (AvgIpc) is 3.04. The van der Waals surface area contributed by atoms with Gasteiger partial charge in [-0.1, -0.05) is 17.3 Å². The quantitative estimate of drug-likeness (QED) is 0.848. The Morgan fingerprint density at radius 1 is 1.27 bits per heavy atom. The molecule has 8 heteroatoms. The molecule has 2 aromatic rings. The summed E-state index contributed by atoms with van der Waals surface area (Å²) >= 11 is 0. The highest BCUT2D eigenvalue weighted by Crippen LogP contribution is 2.52. The molecule has 2 saturated heterocycles. The lowest BCUT2D eigenvalue weighted by Crippen LogP contribution is -2.53. The minimum Gasteiger partial charge on any atom is -0.416 e. The van der Waals surface area contributed by atoms with Crippen LogP contribution in [0.5, 0.6) is 0 Å². The SMILES string of the molecule is C[C@H]1N(c2ccccc2N2CC3[C@H](N)[C@H]3C2)C(=O)O[C@]12Nc1nocc12. The van der Waals surface area contributed by atoms with E-state index < -0.39 is 5.72 Å². The van der Waals surface area contributed by atoms with Gasteiger partial charge in [-0.25, -0.2) is 4.79 Å². The number of carbonyl (C=O) groups excluding carboxylic acids is 1. The molecule has 1 unspecified atom stereocenters. The number of anilines is 3. The van der Waals surface area contributed by atoms with Crippen LogP contribution < -0.4 is 20.9 Å². The lowest BCUT2D eigenvalue weighted by atomic mass is 9.91. The minimum absolute atomic E-state index is 0.234. The molecule has 4 aliphatic rings. The summed E-state index contributed by atoms with van der Waals surface area (Å²) in [7, 11) is 0. The number of ether oxygens (including phenoxy) is 1. The first-order chi connectivity index (χ1) is 12.6. The van der Waals surface area contributed by atoms with E-state index in [-0.39, 0.29) is 12.1 Å². The second kappa shape index (κ2) is 4.50. The molecule has 3 N–H and O–H groups in total. The summed E-state index contributed by atoms with van der Waals surface area (Å²) in [6.07, 6.45) is 1.17. The van der Waals surface area contributed by atoms with Crippen molar-refractivity contribution in [2.75, 3.05) is 28.2 Å². The van der Waals surface area contributed by atoms with Gasteiger partial charge in [-0.15, -0.1) is 0 Å². The highest BCUT2D eigenvalue weighted by molar-refractivity contribution is 5.96. The third kappa shape index (κ3) is 1.58. The van der Waals surface area contributed by atoms with E-state index >= 15 is 0 Å². The minimum atomic E-state index is -0.894. The van der Waals surface area contributed by atoms with Gasteiger partial charge in [0.05, 0.1) is 11.4 Å². The molecule has 6 rings (SSSR count). The van der Waals surface area contributed by atoms with E-state index in [1.54, 1.807) is 11.2 Å². The summed E-state index contributed by atoms with van der Waals surface area (Å²) in [5, 5.41) is 7.01. The Hall–Kier alpha value is -2.74. The van der Waals surface area contributed by atoms with Gasteiger partial charge in [-0.2, -0.15) is 0 Å². The van der Waals surface area contributed by atoms with Crippen LogP contribution in [0.1, 0.15) is 12.5 Å². The van der Waals surface area contributed by atoms with Crippen LogP contribution in [0, 0.1) is 11.8 Å². The number of aromatic nitrogens is 1. The molecule has 1 saturated carbocycles. The number of nitrogens with zero attached hydrogens (tertiary/aromatic N) is 3. The van der Waals surface area contributed by atoms with E-state index in [0.717, 1.165) is 30.0 Å². The molecular weight excluding hydrogens is 334 g/mol. The molecule has 1 spiro atoms. The zero-order valence-electron chi connectivity index (χ0n) is 14.3. The zero-order chi connectivity index (χ0) is 17.6. The number of rotatable bonds is 2. The molecule has 0 radical (unpaired) electrons.